The molecule has 0 radical (unpaired) electrons. The first-order valence-corrected chi connectivity index (χ1v) is 17.0. The smallest absolute Gasteiger partial charge is 0.0737 e. The summed E-state index contributed by atoms with van der Waals surface area (Å²) in [4.78, 5) is 18.6. The molecule has 0 amide bonds. The molecule has 2 N–H and O–H groups in total. The van der Waals surface area contributed by atoms with E-state index >= 15 is 0 Å². The molecule has 0 unspecified atom stereocenters. The molecule has 2 aliphatic rings. The molecule has 2 aliphatic heterocycles. The average Bonchev–Trinajstić information content (AvgIpc) is 3.99. The van der Waals surface area contributed by atoms with Crippen molar-refractivity contribution < 1.29 is 0 Å². The third-order valence-corrected chi connectivity index (χ3v) is 9.84. The van der Waals surface area contributed by atoms with Gasteiger partial charge in [0.15, 0.2) is 0 Å². The number of benzene rings is 4. The zero-order valence-corrected chi connectivity index (χ0v) is 27.9. The quantitative estimate of drug-likeness (QED) is 0.201. The first-order chi connectivity index (χ1) is 24.6. The lowest BCUT2D eigenvalue weighted by molar-refractivity contribution is 1.31. The molecule has 0 fully saturated rings. The molecular weight excluding hydrogens is 609 g/mol. The molecule has 0 saturated heterocycles. The maximum absolute atomic E-state index is 5.42. The Morgan fingerprint density at radius 1 is 0.340 bits per heavy atom. The van der Waals surface area contributed by atoms with Crippen molar-refractivity contribution in [3.8, 4) is 44.5 Å². The van der Waals surface area contributed by atoms with Gasteiger partial charge in [-0.25, -0.2) is 9.97 Å². The van der Waals surface area contributed by atoms with Gasteiger partial charge < -0.3 is 9.97 Å². The van der Waals surface area contributed by atoms with Gasteiger partial charge >= 0.3 is 0 Å². The third-order valence-electron chi connectivity index (χ3n) is 9.84. The number of fused-ring (bicyclic) bond motifs is 8. The molecule has 9 rings (SSSR count). The summed E-state index contributed by atoms with van der Waals surface area (Å²) in [5.74, 6) is 0. The van der Waals surface area contributed by atoms with Crippen LogP contribution in [-0.2, 0) is 0 Å². The van der Waals surface area contributed by atoms with Gasteiger partial charge in [0, 0.05) is 33.3 Å². The van der Waals surface area contributed by atoms with E-state index in [1.807, 2.05) is 0 Å². The maximum atomic E-state index is 5.42. The van der Waals surface area contributed by atoms with Gasteiger partial charge in [0.2, 0.25) is 0 Å². The Balaban J connectivity index is 1.53. The van der Waals surface area contributed by atoms with Gasteiger partial charge in [-0.2, -0.15) is 0 Å². The summed E-state index contributed by atoms with van der Waals surface area (Å²) < 4.78 is 0. The minimum atomic E-state index is 0.910. The Morgan fingerprint density at radius 3 is 0.980 bits per heavy atom. The van der Waals surface area contributed by atoms with Gasteiger partial charge in [-0.1, -0.05) is 121 Å². The fourth-order valence-corrected chi connectivity index (χ4v) is 7.30. The second-order valence-electron chi connectivity index (χ2n) is 12.8. The first-order valence-electron chi connectivity index (χ1n) is 17.0. The highest BCUT2D eigenvalue weighted by atomic mass is 14.8. The van der Waals surface area contributed by atoms with E-state index in [1.54, 1.807) is 0 Å². The van der Waals surface area contributed by atoms with Crippen molar-refractivity contribution in [3.05, 3.63) is 167 Å². The summed E-state index contributed by atoms with van der Waals surface area (Å²) >= 11 is 0. The molecule has 4 heteroatoms. The second-order valence-corrected chi connectivity index (χ2v) is 12.8. The lowest BCUT2D eigenvalue weighted by Gasteiger charge is -2.07. The molecule has 0 aliphatic carbocycles. The van der Waals surface area contributed by atoms with E-state index in [1.165, 1.54) is 11.1 Å². The zero-order valence-electron chi connectivity index (χ0n) is 27.9. The van der Waals surface area contributed by atoms with Crippen molar-refractivity contribution >= 4 is 46.4 Å². The number of hydrogen-bond donors (Lipinski definition) is 2. The summed E-state index contributed by atoms with van der Waals surface area (Å²) in [7, 11) is 0. The summed E-state index contributed by atoms with van der Waals surface area (Å²) in [5.41, 5.74) is 18.8. The lowest BCUT2D eigenvalue weighted by Crippen LogP contribution is -1.89. The fourth-order valence-electron chi connectivity index (χ4n) is 7.30. The van der Waals surface area contributed by atoms with Crippen LogP contribution in [-0.4, -0.2) is 19.9 Å². The number of aromatic amines is 2. The molecule has 0 spiro atoms. The molecule has 50 heavy (non-hydrogen) atoms. The molecule has 7 aromatic rings. The van der Waals surface area contributed by atoms with Crippen molar-refractivity contribution in [1.82, 2.24) is 19.9 Å². The first kappa shape index (κ1) is 29.6. The van der Waals surface area contributed by atoms with Crippen LogP contribution in [0.1, 0.15) is 33.9 Å². The number of hydrogen-bond acceptors (Lipinski definition) is 2. The van der Waals surface area contributed by atoms with Crippen molar-refractivity contribution in [2.75, 3.05) is 0 Å². The number of aryl methyl sites for hydroxylation is 2. The fraction of sp³-hybridized carbons (Fsp3) is 0.0435. The minimum Gasteiger partial charge on any atom is -0.354 e. The van der Waals surface area contributed by atoms with E-state index in [-0.39, 0.29) is 0 Å². The van der Waals surface area contributed by atoms with Crippen molar-refractivity contribution in [2.24, 2.45) is 0 Å². The van der Waals surface area contributed by atoms with Crippen LogP contribution in [0.2, 0.25) is 0 Å². The molecule has 238 valence electrons. The SMILES string of the molecule is Cc1c(C)c2[nH]c1c(-c1ccccc1)c1nc(c(-c3ccccc3)c3ccc([nH]3)c(-c3ccccc3)c3nc(c2-c2ccccc2)C=C3)C=C1. The van der Waals surface area contributed by atoms with Crippen LogP contribution in [0.25, 0.3) is 90.9 Å². The standard InChI is InChI=1S/C46H34N4/c1-29-30(2)46-44(34-21-13-6-14-22-34)40-28-26-38(49-40)42(32-17-9-4-10-18-32)36-24-23-35(47-36)41(31-15-7-3-8-16-31)37-25-27-39(48-37)43(45(29)50-46)33-19-11-5-12-20-33/h3-28,47,50H,1-2H3. The van der Waals surface area contributed by atoms with E-state index in [0.717, 1.165) is 89.4 Å². The molecule has 4 aromatic carbocycles. The Labute approximate surface area is 291 Å². The second kappa shape index (κ2) is 12.2. The highest BCUT2D eigenvalue weighted by molar-refractivity contribution is 6.01. The summed E-state index contributed by atoms with van der Waals surface area (Å²) in [6, 6.07) is 46.6. The number of nitrogens with one attached hydrogen (secondary N) is 2. The van der Waals surface area contributed by atoms with E-state index in [2.05, 4.69) is 182 Å². The maximum Gasteiger partial charge on any atom is 0.0737 e. The molecular formula is C46H34N4. The monoisotopic (exact) mass is 642 g/mol. The Kier molecular flexibility index (Phi) is 7.21. The van der Waals surface area contributed by atoms with Crippen molar-refractivity contribution in [1.29, 1.82) is 0 Å². The average molecular weight is 643 g/mol. The van der Waals surface area contributed by atoms with Gasteiger partial charge in [-0.15, -0.1) is 0 Å². The molecule has 0 atom stereocenters. The largest absolute Gasteiger partial charge is 0.354 e. The van der Waals surface area contributed by atoms with Crippen LogP contribution in [0.3, 0.4) is 0 Å². The molecule has 8 bridgehead atoms. The summed E-state index contributed by atoms with van der Waals surface area (Å²) in [5, 5.41) is 0. The topological polar surface area (TPSA) is 57.4 Å². The Bertz CT molecular complexity index is 2450. The minimum absolute atomic E-state index is 0.910. The number of nitrogens with zero attached hydrogens (tertiary/aromatic N) is 2. The van der Waals surface area contributed by atoms with Gasteiger partial charge in [-0.05, 0) is 83.7 Å². The Hall–Kier alpha value is -6.52. The highest BCUT2D eigenvalue weighted by Crippen LogP contribution is 2.40. The van der Waals surface area contributed by atoms with E-state index in [4.69, 9.17) is 9.97 Å². The van der Waals surface area contributed by atoms with Crippen LogP contribution in [0.15, 0.2) is 133 Å². The van der Waals surface area contributed by atoms with Crippen LogP contribution in [0.5, 0.6) is 0 Å². The molecule has 3 aromatic heterocycles. The summed E-state index contributed by atoms with van der Waals surface area (Å²) in [6.45, 7) is 4.42. The van der Waals surface area contributed by atoms with E-state index < -0.39 is 0 Å². The van der Waals surface area contributed by atoms with E-state index in [0.29, 0.717) is 0 Å². The molecule has 0 saturated carbocycles. The highest BCUT2D eigenvalue weighted by Gasteiger charge is 2.21. The number of rotatable bonds is 4. The predicted octanol–water partition coefficient (Wildman–Crippen LogP) is 11.9. The van der Waals surface area contributed by atoms with Crippen LogP contribution in [0.4, 0.5) is 0 Å². The number of H-pyrrole nitrogens is 2. The van der Waals surface area contributed by atoms with Gasteiger partial charge in [-0.3, -0.25) is 0 Å². The van der Waals surface area contributed by atoms with Gasteiger partial charge in [0.05, 0.1) is 33.8 Å². The van der Waals surface area contributed by atoms with E-state index in [9.17, 15) is 0 Å². The van der Waals surface area contributed by atoms with Gasteiger partial charge in [0.1, 0.15) is 0 Å². The zero-order chi connectivity index (χ0) is 33.6. The van der Waals surface area contributed by atoms with Crippen molar-refractivity contribution in [2.45, 2.75) is 13.8 Å². The lowest BCUT2D eigenvalue weighted by atomic mass is 10.00. The van der Waals surface area contributed by atoms with Crippen LogP contribution < -0.4 is 0 Å². The van der Waals surface area contributed by atoms with Crippen molar-refractivity contribution in [3.63, 3.8) is 0 Å². The molecule has 5 heterocycles. The third kappa shape index (κ3) is 5.01. The van der Waals surface area contributed by atoms with Crippen LogP contribution in [0, 0.1) is 13.8 Å². The normalized spacial score (nSPS) is 12.0. The predicted molar refractivity (Wildman–Crippen MR) is 210 cm³/mol. The molecule has 4 nitrogen and oxygen atoms in total. The van der Waals surface area contributed by atoms with Gasteiger partial charge in [0.25, 0.3) is 0 Å². The number of aromatic nitrogens is 4. The summed E-state index contributed by atoms with van der Waals surface area (Å²) in [6.07, 6.45) is 8.62. The Morgan fingerprint density at radius 2 is 0.640 bits per heavy atom. The van der Waals surface area contributed by atoms with Crippen LogP contribution >= 0.6 is 0 Å².